The molecule has 0 fully saturated rings. The van der Waals surface area contributed by atoms with Gasteiger partial charge < -0.3 is 10.4 Å². The van der Waals surface area contributed by atoms with E-state index in [9.17, 15) is 5.11 Å². The first-order chi connectivity index (χ1) is 5.83. The zero-order chi connectivity index (χ0) is 8.55. The summed E-state index contributed by atoms with van der Waals surface area (Å²) in [4.78, 5) is 0. The predicted molar refractivity (Wildman–Crippen MR) is 48.0 cm³/mol. The minimum atomic E-state index is -0.257. The molecule has 12 heavy (non-hydrogen) atoms. The third kappa shape index (κ3) is 1.04. The Kier molecular flexibility index (Phi) is 1.87. The molecule has 1 aliphatic rings. The summed E-state index contributed by atoms with van der Waals surface area (Å²) in [5.74, 6) is 0. The largest absolute Gasteiger partial charge is 0.391 e. The molecule has 64 valence electrons. The number of rotatable bonds is 1. The van der Waals surface area contributed by atoms with Gasteiger partial charge in [0.15, 0.2) is 0 Å². The lowest BCUT2D eigenvalue weighted by atomic mass is 10.1. The minimum Gasteiger partial charge on any atom is -0.391 e. The zero-order valence-corrected chi connectivity index (χ0v) is 7.12. The number of nitrogens with one attached hydrogen (secondary N) is 1. The molecule has 0 unspecified atom stereocenters. The molecule has 0 saturated heterocycles. The molecule has 0 amide bonds. The molecule has 2 atom stereocenters. The number of benzene rings is 1. The van der Waals surface area contributed by atoms with Gasteiger partial charge in [0.25, 0.3) is 0 Å². The Hall–Kier alpha value is -0.860. The monoisotopic (exact) mass is 163 g/mol. The van der Waals surface area contributed by atoms with Crippen molar-refractivity contribution in [2.24, 2.45) is 0 Å². The standard InChI is InChI=1S/C10H13NO/c1-11-10-8-5-3-2-4-7(8)6-9(10)12/h2-5,9-12H,6H2,1H3/t9-,10-/m0/s1. The van der Waals surface area contributed by atoms with Crippen LogP contribution in [0.15, 0.2) is 24.3 Å². The van der Waals surface area contributed by atoms with E-state index in [1.54, 1.807) is 0 Å². The summed E-state index contributed by atoms with van der Waals surface area (Å²) in [6, 6.07) is 8.31. The van der Waals surface area contributed by atoms with Crippen LogP contribution in [0.1, 0.15) is 17.2 Å². The van der Waals surface area contributed by atoms with Gasteiger partial charge in [0.1, 0.15) is 0 Å². The predicted octanol–water partition coefficient (Wildman–Crippen LogP) is 0.864. The van der Waals surface area contributed by atoms with E-state index < -0.39 is 0 Å². The molecule has 0 saturated carbocycles. The summed E-state index contributed by atoms with van der Waals surface area (Å²) in [6.45, 7) is 0. The van der Waals surface area contributed by atoms with E-state index in [0.717, 1.165) is 6.42 Å². The lowest BCUT2D eigenvalue weighted by Gasteiger charge is -2.13. The molecule has 2 N–H and O–H groups in total. The van der Waals surface area contributed by atoms with E-state index in [1.165, 1.54) is 11.1 Å². The molecule has 0 aliphatic heterocycles. The van der Waals surface area contributed by atoms with Crippen molar-refractivity contribution in [3.63, 3.8) is 0 Å². The lowest BCUT2D eigenvalue weighted by molar-refractivity contribution is 0.145. The molecule has 2 heteroatoms. The van der Waals surface area contributed by atoms with E-state index in [-0.39, 0.29) is 12.1 Å². The first kappa shape index (κ1) is 7.77. The van der Waals surface area contributed by atoms with Gasteiger partial charge in [0.05, 0.1) is 12.1 Å². The highest BCUT2D eigenvalue weighted by Gasteiger charge is 2.28. The molecular weight excluding hydrogens is 150 g/mol. The van der Waals surface area contributed by atoms with E-state index in [2.05, 4.69) is 17.4 Å². The number of likely N-dealkylation sites (N-methyl/N-ethyl adjacent to an activating group) is 1. The van der Waals surface area contributed by atoms with E-state index in [4.69, 9.17) is 0 Å². The molecule has 1 aromatic rings. The second kappa shape index (κ2) is 2.88. The van der Waals surface area contributed by atoms with Crippen LogP contribution >= 0.6 is 0 Å². The quantitative estimate of drug-likeness (QED) is 0.643. The van der Waals surface area contributed by atoms with Crippen LogP contribution < -0.4 is 5.32 Å². The van der Waals surface area contributed by atoms with Crippen molar-refractivity contribution in [2.45, 2.75) is 18.6 Å². The number of hydrogen-bond donors (Lipinski definition) is 2. The van der Waals surface area contributed by atoms with Crippen molar-refractivity contribution in [3.8, 4) is 0 Å². The molecule has 2 rings (SSSR count). The van der Waals surface area contributed by atoms with Gasteiger partial charge in [-0.05, 0) is 18.2 Å². The SMILES string of the molecule is CN[C@H]1c2ccccc2C[C@@H]1O. The fourth-order valence-corrected chi connectivity index (χ4v) is 1.92. The Labute approximate surface area is 72.2 Å². The van der Waals surface area contributed by atoms with Gasteiger partial charge in [-0.15, -0.1) is 0 Å². The van der Waals surface area contributed by atoms with Crippen LogP contribution in [0.4, 0.5) is 0 Å². The number of aliphatic hydroxyl groups excluding tert-OH is 1. The topological polar surface area (TPSA) is 32.3 Å². The highest BCUT2D eigenvalue weighted by Crippen LogP contribution is 2.30. The maximum Gasteiger partial charge on any atom is 0.0775 e. The number of aliphatic hydroxyl groups is 1. The van der Waals surface area contributed by atoms with Crippen LogP contribution in [-0.2, 0) is 6.42 Å². The van der Waals surface area contributed by atoms with Crippen LogP contribution in [-0.4, -0.2) is 18.3 Å². The second-order valence-electron chi connectivity index (χ2n) is 3.24. The minimum absolute atomic E-state index is 0.126. The fourth-order valence-electron chi connectivity index (χ4n) is 1.92. The lowest BCUT2D eigenvalue weighted by Crippen LogP contribution is -2.25. The maximum absolute atomic E-state index is 9.65. The van der Waals surface area contributed by atoms with Crippen LogP contribution in [0.25, 0.3) is 0 Å². The Morgan fingerprint density at radius 2 is 2.17 bits per heavy atom. The van der Waals surface area contributed by atoms with Crippen LogP contribution in [0.5, 0.6) is 0 Å². The van der Waals surface area contributed by atoms with Crippen LogP contribution in [0.2, 0.25) is 0 Å². The van der Waals surface area contributed by atoms with E-state index >= 15 is 0 Å². The summed E-state index contributed by atoms with van der Waals surface area (Å²) in [6.07, 6.45) is 0.522. The first-order valence-corrected chi connectivity index (χ1v) is 4.26. The van der Waals surface area contributed by atoms with Crippen molar-refractivity contribution in [3.05, 3.63) is 35.4 Å². The van der Waals surface area contributed by atoms with E-state index in [1.807, 2.05) is 19.2 Å². The highest BCUT2D eigenvalue weighted by molar-refractivity contribution is 5.36. The smallest absolute Gasteiger partial charge is 0.0775 e. The molecule has 2 nitrogen and oxygen atoms in total. The molecule has 0 heterocycles. The van der Waals surface area contributed by atoms with Gasteiger partial charge in [-0.1, -0.05) is 24.3 Å². The average Bonchev–Trinajstić information content (AvgIpc) is 2.40. The van der Waals surface area contributed by atoms with Gasteiger partial charge >= 0.3 is 0 Å². The molecule has 1 aliphatic carbocycles. The first-order valence-electron chi connectivity index (χ1n) is 4.26. The average molecular weight is 163 g/mol. The summed E-state index contributed by atoms with van der Waals surface area (Å²) in [7, 11) is 1.88. The third-order valence-electron chi connectivity index (χ3n) is 2.51. The summed E-state index contributed by atoms with van der Waals surface area (Å²) in [5, 5.41) is 12.8. The highest BCUT2D eigenvalue weighted by atomic mass is 16.3. The zero-order valence-electron chi connectivity index (χ0n) is 7.12. The molecule has 0 radical (unpaired) electrons. The summed E-state index contributed by atoms with van der Waals surface area (Å²) >= 11 is 0. The molecular formula is C10H13NO. The summed E-state index contributed by atoms with van der Waals surface area (Å²) < 4.78 is 0. The van der Waals surface area contributed by atoms with Gasteiger partial charge in [-0.2, -0.15) is 0 Å². The van der Waals surface area contributed by atoms with Gasteiger partial charge in [0, 0.05) is 6.42 Å². The van der Waals surface area contributed by atoms with Crippen molar-refractivity contribution >= 4 is 0 Å². The Morgan fingerprint density at radius 3 is 2.92 bits per heavy atom. The van der Waals surface area contributed by atoms with Crippen molar-refractivity contribution in [1.29, 1.82) is 0 Å². The molecule has 0 aromatic heterocycles. The van der Waals surface area contributed by atoms with Crippen molar-refractivity contribution < 1.29 is 5.11 Å². The molecule has 0 spiro atoms. The van der Waals surface area contributed by atoms with E-state index in [0.29, 0.717) is 0 Å². The van der Waals surface area contributed by atoms with Gasteiger partial charge in [0.2, 0.25) is 0 Å². The van der Waals surface area contributed by atoms with Gasteiger partial charge in [-0.3, -0.25) is 0 Å². The van der Waals surface area contributed by atoms with Crippen molar-refractivity contribution in [1.82, 2.24) is 5.32 Å². The number of hydrogen-bond acceptors (Lipinski definition) is 2. The Morgan fingerprint density at radius 1 is 1.42 bits per heavy atom. The number of fused-ring (bicyclic) bond motifs is 1. The molecule has 1 aromatic carbocycles. The normalized spacial score (nSPS) is 27.2. The third-order valence-corrected chi connectivity index (χ3v) is 2.51. The Bertz CT molecular complexity index is 285. The molecule has 0 bridgehead atoms. The van der Waals surface area contributed by atoms with Crippen LogP contribution in [0.3, 0.4) is 0 Å². The van der Waals surface area contributed by atoms with Crippen LogP contribution in [0, 0.1) is 0 Å². The fraction of sp³-hybridized carbons (Fsp3) is 0.400. The Balaban J connectivity index is 2.40. The summed E-state index contributed by atoms with van der Waals surface area (Å²) in [5.41, 5.74) is 2.51. The maximum atomic E-state index is 9.65. The second-order valence-corrected chi connectivity index (χ2v) is 3.24. The van der Waals surface area contributed by atoms with Crippen molar-refractivity contribution in [2.75, 3.05) is 7.05 Å². The van der Waals surface area contributed by atoms with Gasteiger partial charge in [-0.25, -0.2) is 0 Å².